The molecule has 4 rings (SSSR count). The van der Waals surface area contributed by atoms with Gasteiger partial charge in [0.2, 0.25) is 0 Å². The van der Waals surface area contributed by atoms with Crippen molar-refractivity contribution in [2.75, 3.05) is 0 Å². The zero-order valence-corrected chi connectivity index (χ0v) is 19.6. The molecule has 0 radical (unpaired) electrons. The fraction of sp³-hybridized carbons (Fsp3) is 0.586. The predicted octanol–water partition coefficient (Wildman–Crippen LogP) is 6.31. The molecule has 0 heterocycles. The van der Waals surface area contributed by atoms with E-state index in [9.17, 15) is 10.2 Å². The maximum absolute atomic E-state index is 10.2. The van der Waals surface area contributed by atoms with Gasteiger partial charge in [-0.25, -0.2) is 0 Å². The molecule has 2 nitrogen and oxygen atoms in total. The minimum atomic E-state index is -0.608. The van der Waals surface area contributed by atoms with E-state index in [1.54, 1.807) is 5.57 Å². The Morgan fingerprint density at radius 3 is 2.81 bits per heavy atom. The fourth-order valence-electron chi connectivity index (χ4n) is 7.03. The fourth-order valence-corrected chi connectivity index (χ4v) is 7.03. The number of hydrogen-bond donors (Lipinski definition) is 2. The Balaban J connectivity index is 1.51. The van der Waals surface area contributed by atoms with Crippen molar-refractivity contribution in [1.29, 1.82) is 0 Å². The van der Waals surface area contributed by atoms with E-state index in [-0.39, 0.29) is 0 Å². The van der Waals surface area contributed by atoms with Crippen LogP contribution in [0.4, 0.5) is 0 Å². The van der Waals surface area contributed by atoms with Crippen molar-refractivity contribution in [2.24, 2.45) is 23.2 Å². The number of rotatable bonds is 4. The molecule has 3 aliphatic carbocycles. The molecule has 0 aromatic heterocycles. The highest BCUT2D eigenvalue weighted by Crippen LogP contribution is 2.59. The SMILES string of the molecule is C=C1/C(=C\C=C2/CCC[C@]3(C)[C@@H]([C@H](C)Cc4cccc(C)c4)CC[C@@H]23)C[C@@H](O)C[C@@H]1O. The first-order valence-electron chi connectivity index (χ1n) is 12.3. The third-order valence-corrected chi connectivity index (χ3v) is 8.63. The molecule has 0 unspecified atom stereocenters. The minimum absolute atomic E-state index is 0.383. The van der Waals surface area contributed by atoms with Gasteiger partial charge in [-0.3, -0.25) is 0 Å². The number of aliphatic hydroxyl groups excluding tert-OH is 2. The van der Waals surface area contributed by atoms with Gasteiger partial charge in [0.25, 0.3) is 0 Å². The Bertz CT molecular complexity index is 878. The molecule has 2 heteroatoms. The second-order valence-electron chi connectivity index (χ2n) is 10.8. The number of benzene rings is 1. The van der Waals surface area contributed by atoms with Gasteiger partial charge in [0.05, 0.1) is 12.2 Å². The van der Waals surface area contributed by atoms with Crippen LogP contribution in [0.25, 0.3) is 0 Å². The van der Waals surface area contributed by atoms with Gasteiger partial charge in [-0.2, -0.15) is 0 Å². The first-order chi connectivity index (χ1) is 14.8. The number of fused-ring (bicyclic) bond motifs is 1. The van der Waals surface area contributed by atoms with Crippen LogP contribution < -0.4 is 0 Å². The molecule has 31 heavy (non-hydrogen) atoms. The number of allylic oxidation sites excluding steroid dienone is 3. The topological polar surface area (TPSA) is 40.5 Å². The van der Waals surface area contributed by atoms with E-state index in [0.717, 1.165) is 17.1 Å². The van der Waals surface area contributed by atoms with Crippen LogP contribution in [-0.4, -0.2) is 22.4 Å². The molecule has 3 aliphatic rings. The first-order valence-corrected chi connectivity index (χ1v) is 12.3. The van der Waals surface area contributed by atoms with Crippen LogP contribution in [0.2, 0.25) is 0 Å². The second kappa shape index (κ2) is 9.08. The zero-order valence-electron chi connectivity index (χ0n) is 19.6. The highest BCUT2D eigenvalue weighted by molar-refractivity contribution is 5.38. The predicted molar refractivity (Wildman–Crippen MR) is 129 cm³/mol. The van der Waals surface area contributed by atoms with Crippen molar-refractivity contribution < 1.29 is 10.2 Å². The van der Waals surface area contributed by atoms with Crippen LogP contribution in [0, 0.1) is 30.1 Å². The van der Waals surface area contributed by atoms with Gasteiger partial charge in [0.15, 0.2) is 0 Å². The van der Waals surface area contributed by atoms with Crippen LogP contribution in [0.5, 0.6) is 0 Å². The van der Waals surface area contributed by atoms with E-state index in [0.29, 0.717) is 30.1 Å². The monoisotopic (exact) mass is 420 g/mol. The number of aryl methyl sites for hydroxylation is 1. The summed E-state index contributed by atoms with van der Waals surface area (Å²) < 4.78 is 0. The van der Waals surface area contributed by atoms with Crippen LogP contribution in [0.1, 0.15) is 69.9 Å². The van der Waals surface area contributed by atoms with E-state index in [4.69, 9.17) is 0 Å². The van der Waals surface area contributed by atoms with Gasteiger partial charge in [-0.05, 0) is 91.7 Å². The van der Waals surface area contributed by atoms with Crippen molar-refractivity contribution >= 4 is 0 Å². The van der Waals surface area contributed by atoms with Crippen molar-refractivity contribution in [1.82, 2.24) is 0 Å². The van der Waals surface area contributed by atoms with Crippen LogP contribution >= 0.6 is 0 Å². The van der Waals surface area contributed by atoms with E-state index < -0.39 is 12.2 Å². The zero-order chi connectivity index (χ0) is 22.2. The van der Waals surface area contributed by atoms with Gasteiger partial charge >= 0.3 is 0 Å². The van der Waals surface area contributed by atoms with Crippen molar-refractivity contribution in [3.63, 3.8) is 0 Å². The van der Waals surface area contributed by atoms with E-state index in [1.165, 1.54) is 49.7 Å². The average Bonchev–Trinajstić information content (AvgIpc) is 3.07. The summed E-state index contributed by atoms with van der Waals surface area (Å²) in [6, 6.07) is 9.02. The smallest absolute Gasteiger partial charge is 0.0811 e. The van der Waals surface area contributed by atoms with Gasteiger partial charge < -0.3 is 10.2 Å². The van der Waals surface area contributed by atoms with Gasteiger partial charge in [-0.1, -0.05) is 68.0 Å². The highest BCUT2D eigenvalue weighted by Gasteiger charge is 2.50. The van der Waals surface area contributed by atoms with Crippen LogP contribution in [0.15, 0.2) is 59.7 Å². The molecule has 0 aliphatic heterocycles. The second-order valence-corrected chi connectivity index (χ2v) is 10.8. The molecule has 0 saturated heterocycles. The Labute approximate surface area is 188 Å². The molecule has 0 spiro atoms. The summed E-state index contributed by atoms with van der Waals surface area (Å²) in [4.78, 5) is 0. The average molecular weight is 421 g/mol. The quantitative estimate of drug-likeness (QED) is 0.599. The molecule has 3 fully saturated rings. The third-order valence-electron chi connectivity index (χ3n) is 8.63. The maximum Gasteiger partial charge on any atom is 0.0811 e. The molecule has 0 bridgehead atoms. The van der Waals surface area contributed by atoms with Gasteiger partial charge in [0, 0.05) is 6.42 Å². The van der Waals surface area contributed by atoms with Crippen molar-refractivity contribution in [3.05, 3.63) is 70.8 Å². The summed E-state index contributed by atoms with van der Waals surface area (Å²) in [6.45, 7) is 11.3. The molecule has 3 saturated carbocycles. The molecule has 2 N–H and O–H groups in total. The summed E-state index contributed by atoms with van der Waals surface area (Å²) in [7, 11) is 0. The van der Waals surface area contributed by atoms with E-state index in [1.807, 2.05) is 0 Å². The lowest BCUT2D eigenvalue weighted by atomic mass is 9.60. The number of aliphatic hydroxyl groups is 2. The van der Waals surface area contributed by atoms with Crippen LogP contribution in [-0.2, 0) is 6.42 Å². The summed E-state index contributed by atoms with van der Waals surface area (Å²) >= 11 is 0. The first kappa shape index (κ1) is 22.6. The van der Waals surface area contributed by atoms with Gasteiger partial charge in [-0.15, -0.1) is 0 Å². The normalized spacial score (nSPS) is 37.3. The minimum Gasteiger partial charge on any atom is -0.393 e. The lowest BCUT2D eigenvalue weighted by Crippen LogP contribution is -2.36. The molecule has 1 aromatic rings. The van der Waals surface area contributed by atoms with Crippen LogP contribution in [0.3, 0.4) is 0 Å². The Kier molecular flexibility index (Phi) is 6.60. The lowest BCUT2D eigenvalue weighted by Gasteiger charge is -2.44. The third kappa shape index (κ3) is 4.61. The summed E-state index contributed by atoms with van der Waals surface area (Å²) in [5, 5.41) is 20.2. The summed E-state index contributed by atoms with van der Waals surface area (Å²) in [5.41, 5.74) is 6.60. The standard InChI is InChI=1S/C29H40O2/c1-19-7-5-8-22(15-19)16-20(2)26-12-13-27-23(9-6-14-29(26,27)4)10-11-24-17-25(30)18-28(31)21(24)3/h5,7-8,10-11,15,20,25-28,30-31H,3,6,9,12-14,16-18H2,1-2,4H3/b23-10+,24-11-/t20-,25-,26-,27+,28+,29-/m1/s1. The maximum atomic E-state index is 10.2. The highest BCUT2D eigenvalue weighted by atomic mass is 16.3. The van der Waals surface area contributed by atoms with E-state index in [2.05, 4.69) is 63.8 Å². The summed E-state index contributed by atoms with van der Waals surface area (Å²) in [6.07, 6.45) is 12.0. The molecule has 6 atom stereocenters. The largest absolute Gasteiger partial charge is 0.393 e. The molecule has 168 valence electrons. The molecular weight excluding hydrogens is 380 g/mol. The molecule has 1 aromatic carbocycles. The molecular formula is C29H40O2. The van der Waals surface area contributed by atoms with Gasteiger partial charge in [0.1, 0.15) is 0 Å². The Morgan fingerprint density at radius 1 is 1.23 bits per heavy atom. The lowest BCUT2D eigenvalue weighted by molar-refractivity contribution is 0.0862. The van der Waals surface area contributed by atoms with E-state index >= 15 is 0 Å². The number of hydrogen-bond acceptors (Lipinski definition) is 2. The summed E-state index contributed by atoms with van der Waals surface area (Å²) in [5.74, 6) is 2.12. The Hall–Kier alpha value is -1.64. The molecule has 0 amide bonds. The van der Waals surface area contributed by atoms with Crippen molar-refractivity contribution in [2.45, 2.75) is 84.3 Å². The van der Waals surface area contributed by atoms with Crippen molar-refractivity contribution in [3.8, 4) is 0 Å². The Morgan fingerprint density at radius 2 is 2.03 bits per heavy atom.